The van der Waals surface area contributed by atoms with Crippen LogP contribution in [0.4, 0.5) is 4.79 Å². The van der Waals surface area contributed by atoms with Crippen LogP contribution in [0.25, 0.3) is 6.08 Å². The first-order valence-corrected chi connectivity index (χ1v) is 13.6. The minimum absolute atomic E-state index is 0.187. The van der Waals surface area contributed by atoms with Gasteiger partial charge in [0.2, 0.25) is 5.91 Å². The second kappa shape index (κ2) is 12.0. The Bertz CT molecular complexity index is 1190. The number of ether oxygens (including phenoxy) is 2. The minimum atomic E-state index is -0.458. The van der Waals surface area contributed by atoms with E-state index in [1.165, 1.54) is 0 Å². The number of hydrogen-bond acceptors (Lipinski definition) is 6. The Morgan fingerprint density at radius 2 is 1.83 bits per heavy atom. The predicted molar refractivity (Wildman–Crippen MR) is 144 cm³/mol. The fourth-order valence-electron chi connectivity index (χ4n) is 4.16. The van der Waals surface area contributed by atoms with Crippen LogP contribution in [0.2, 0.25) is 0 Å². The molecule has 2 fully saturated rings. The second-order valence-electron chi connectivity index (χ2n) is 8.74. The molecule has 0 spiro atoms. The minimum Gasteiger partial charge on any atom is -0.490 e. The third-order valence-electron chi connectivity index (χ3n) is 6.00. The van der Waals surface area contributed by atoms with Crippen LogP contribution < -0.4 is 9.47 Å². The second-order valence-corrected chi connectivity index (χ2v) is 10.6. The Morgan fingerprint density at radius 1 is 1.08 bits per heavy atom. The van der Waals surface area contributed by atoms with Gasteiger partial charge in [0.25, 0.3) is 11.1 Å². The van der Waals surface area contributed by atoms with Crippen molar-refractivity contribution in [1.82, 2.24) is 9.80 Å². The fourth-order valence-corrected chi connectivity index (χ4v) is 5.43. The molecule has 36 heavy (non-hydrogen) atoms. The number of piperidine rings is 1. The Balaban J connectivity index is 1.50. The summed E-state index contributed by atoms with van der Waals surface area (Å²) in [7, 11) is 0. The molecule has 0 saturated carbocycles. The fraction of sp³-hybridized carbons (Fsp3) is 0.370. The first-order chi connectivity index (χ1) is 17.4. The van der Waals surface area contributed by atoms with Crippen molar-refractivity contribution in [3.63, 3.8) is 0 Å². The molecule has 4 rings (SSSR count). The van der Waals surface area contributed by atoms with Crippen LogP contribution in [-0.2, 0) is 16.2 Å². The number of carbonyl (C=O) groups excluding carboxylic acids is 3. The molecule has 0 aromatic heterocycles. The molecule has 2 aromatic rings. The first-order valence-electron chi connectivity index (χ1n) is 12.0. The van der Waals surface area contributed by atoms with Crippen LogP contribution in [0.15, 0.2) is 45.8 Å². The van der Waals surface area contributed by atoms with Crippen molar-refractivity contribution < 1.29 is 23.9 Å². The molecule has 9 heteroatoms. The molecular formula is C27H29BrN2O5S. The van der Waals surface area contributed by atoms with Crippen LogP contribution in [0.3, 0.4) is 0 Å². The average Bonchev–Trinajstić information content (AvgIpc) is 3.13. The lowest BCUT2D eigenvalue weighted by Gasteiger charge is -2.27. The Kier molecular flexibility index (Phi) is 8.74. The predicted octanol–water partition coefficient (Wildman–Crippen LogP) is 5.78. The maximum Gasteiger partial charge on any atom is 0.294 e. The van der Waals surface area contributed by atoms with Gasteiger partial charge in [0.05, 0.1) is 11.5 Å². The molecular weight excluding hydrogens is 544 g/mol. The van der Waals surface area contributed by atoms with Crippen molar-refractivity contribution in [3.8, 4) is 11.5 Å². The molecule has 2 heterocycles. The maximum atomic E-state index is 13.0. The number of imide groups is 1. The third kappa shape index (κ3) is 6.31. The highest BCUT2D eigenvalue weighted by Gasteiger charge is 2.37. The summed E-state index contributed by atoms with van der Waals surface area (Å²) in [5.41, 5.74) is 2.88. The van der Waals surface area contributed by atoms with E-state index in [0.717, 1.165) is 47.1 Å². The quantitative estimate of drug-likeness (QED) is 0.373. The lowest BCUT2D eigenvalue weighted by molar-refractivity contribution is -0.136. The van der Waals surface area contributed by atoms with Gasteiger partial charge >= 0.3 is 0 Å². The molecule has 0 unspecified atom stereocenters. The number of aryl methyl sites for hydroxylation is 1. The van der Waals surface area contributed by atoms with Gasteiger partial charge in [-0.15, -0.1) is 0 Å². The Hall–Kier alpha value is -2.78. The summed E-state index contributed by atoms with van der Waals surface area (Å²) in [6.07, 6.45) is 4.65. The van der Waals surface area contributed by atoms with Gasteiger partial charge in [-0.2, -0.15) is 0 Å². The molecule has 2 aromatic carbocycles. The highest BCUT2D eigenvalue weighted by atomic mass is 79.9. The molecule has 7 nitrogen and oxygen atoms in total. The molecule has 2 aliphatic heterocycles. The number of hydrogen-bond donors (Lipinski definition) is 0. The summed E-state index contributed by atoms with van der Waals surface area (Å²) in [6.45, 7) is 5.88. The van der Waals surface area contributed by atoms with E-state index in [9.17, 15) is 14.4 Å². The van der Waals surface area contributed by atoms with Gasteiger partial charge < -0.3 is 14.4 Å². The van der Waals surface area contributed by atoms with Crippen molar-refractivity contribution in [1.29, 1.82) is 0 Å². The van der Waals surface area contributed by atoms with Gasteiger partial charge in [-0.3, -0.25) is 19.3 Å². The third-order valence-corrected chi connectivity index (χ3v) is 7.60. The smallest absolute Gasteiger partial charge is 0.294 e. The van der Waals surface area contributed by atoms with E-state index < -0.39 is 11.1 Å². The lowest BCUT2D eigenvalue weighted by Crippen LogP contribution is -2.44. The van der Waals surface area contributed by atoms with Crippen LogP contribution in [0.1, 0.15) is 42.9 Å². The van der Waals surface area contributed by atoms with Crippen LogP contribution in [0, 0.1) is 6.92 Å². The van der Waals surface area contributed by atoms with Gasteiger partial charge in [0, 0.05) is 17.6 Å². The van der Waals surface area contributed by atoms with Crippen LogP contribution in [0.5, 0.6) is 11.5 Å². The highest BCUT2D eigenvalue weighted by molar-refractivity contribution is 9.10. The summed E-state index contributed by atoms with van der Waals surface area (Å²) < 4.78 is 12.5. The molecule has 2 saturated heterocycles. The monoisotopic (exact) mass is 572 g/mol. The normalized spacial score (nSPS) is 17.1. The number of thioether (sulfide) groups is 1. The molecule has 0 aliphatic carbocycles. The Morgan fingerprint density at radius 3 is 2.56 bits per heavy atom. The average molecular weight is 574 g/mol. The van der Waals surface area contributed by atoms with Gasteiger partial charge in [-0.1, -0.05) is 45.8 Å². The zero-order chi connectivity index (χ0) is 25.7. The van der Waals surface area contributed by atoms with E-state index in [4.69, 9.17) is 9.47 Å². The van der Waals surface area contributed by atoms with Crippen molar-refractivity contribution in [2.75, 3.05) is 26.2 Å². The topological polar surface area (TPSA) is 76.2 Å². The maximum absolute atomic E-state index is 13.0. The number of carbonyl (C=O) groups is 3. The molecule has 3 amide bonds. The van der Waals surface area contributed by atoms with Gasteiger partial charge in [0.15, 0.2) is 11.5 Å². The number of benzene rings is 2. The van der Waals surface area contributed by atoms with E-state index in [1.54, 1.807) is 23.1 Å². The molecule has 0 N–H and O–H groups in total. The van der Waals surface area contributed by atoms with Crippen LogP contribution >= 0.6 is 27.7 Å². The summed E-state index contributed by atoms with van der Waals surface area (Å²) >= 11 is 4.40. The van der Waals surface area contributed by atoms with E-state index in [2.05, 4.69) is 22.0 Å². The van der Waals surface area contributed by atoms with E-state index in [1.807, 2.05) is 32.0 Å². The van der Waals surface area contributed by atoms with Crippen LogP contribution in [-0.4, -0.2) is 53.1 Å². The van der Waals surface area contributed by atoms with Crippen molar-refractivity contribution in [2.45, 2.75) is 39.7 Å². The lowest BCUT2D eigenvalue weighted by atomic mass is 10.1. The molecule has 0 atom stereocenters. The number of nitrogens with zero attached hydrogens (tertiary/aromatic N) is 2. The largest absolute Gasteiger partial charge is 0.490 e. The molecule has 2 aliphatic rings. The summed E-state index contributed by atoms with van der Waals surface area (Å²) in [6, 6.07) is 11.7. The summed E-state index contributed by atoms with van der Waals surface area (Å²) in [5.74, 6) is 0.467. The molecule has 0 radical (unpaired) electrons. The number of likely N-dealkylation sites (tertiary alicyclic amines) is 1. The number of halogens is 1. The van der Waals surface area contributed by atoms with Crippen molar-refractivity contribution in [2.24, 2.45) is 0 Å². The Labute approximate surface area is 223 Å². The SMILES string of the molecule is CCOc1cc(/C=C2\SC(=O)N(CC(=O)N3CCCCC3)C2=O)c(Br)cc1OCc1cccc(C)c1. The van der Waals surface area contributed by atoms with Crippen molar-refractivity contribution in [3.05, 3.63) is 62.5 Å². The number of rotatable bonds is 8. The standard InChI is InChI=1S/C27H29BrN2O5S/c1-3-34-22-13-20(21(28)15-23(22)35-17-19-9-7-8-18(2)12-19)14-24-26(32)30(27(33)36-24)16-25(31)29-10-5-4-6-11-29/h7-9,12-15H,3-6,10-11,16-17H2,1-2H3/b24-14-. The summed E-state index contributed by atoms with van der Waals surface area (Å²) in [5, 5.41) is -0.434. The number of amides is 3. The molecule has 0 bridgehead atoms. The van der Waals surface area contributed by atoms with Gasteiger partial charge in [-0.05, 0) is 74.2 Å². The van der Waals surface area contributed by atoms with Gasteiger partial charge in [-0.25, -0.2) is 0 Å². The van der Waals surface area contributed by atoms with E-state index >= 15 is 0 Å². The van der Waals surface area contributed by atoms with E-state index in [0.29, 0.717) is 47.8 Å². The first kappa shape index (κ1) is 26.3. The van der Waals surface area contributed by atoms with Gasteiger partial charge in [0.1, 0.15) is 13.2 Å². The summed E-state index contributed by atoms with van der Waals surface area (Å²) in [4.78, 5) is 41.2. The molecule has 190 valence electrons. The highest BCUT2D eigenvalue weighted by Crippen LogP contribution is 2.38. The zero-order valence-electron chi connectivity index (χ0n) is 20.4. The zero-order valence-corrected chi connectivity index (χ0v) is 22.8. The van der Waals surface area contributed by atoms with E-state index in [-0.39, 0.29) is 17.4 Å². The van der Waals surface area contributed by atoms with Crippen molar-refractivity contribution >= 4 is 50.8 Å².